The van der Waals surface area contributed by atoms with Gasteiger partial charge in [-0.25, -0.2) is 0 Å². The minimum Gasteiger partial charge on any atom is -0.495 e. The maximum Gasteiger partial charge on any atom is 0.135 e. The molecule has 0 aromatic heterocycles. The number of nitrogens with one attached hydrogen (secondary N) is 2. The number of piperidine rings is 1. The zero-order valence-corrected chi connectivity index (χ0v) is 11.7. The number of anilines is 1. The van der Waals surface area contributed by atoms with Crippen LogP contribution in [0.1, 0.15) is 12.8 Å². The second-order valence-electron chi connectivity index (χ2n) is 4.42. The highest BCUT2D eigenvalue weighted by Crippen LogP contribution is 2.28. The Labute approximate surface area is 111 Å². The summed E-state index contributed by atoms with van der Waals surface area (Å²) in [6, 6.07) is 6.13. The van der Waals surface area contributed by atoms with E-state index in [0.717, 1.165) is 41.5 Å². The molecule has 0 unspecified atom stereocenters. The Morgan fingerprint density at radius 1 is 1.41 bits per heavy atom. The third-order valence-corrected chi connectivity index (χ3v) is 3.86. The number of halogens is 1. The first kappa shape index (κ1) is 12.7. The van der Waals surface area contributed by atoms with E-state index < -0.39 is 0 Å². The van der Waals surface area contributed by atoms with Crippen LogP contribution in [-0.2, 0) is 0 Å². The molecule has 0 bridgehead atoms. The lowest BCUT2D eigenvalue weighted by molar-refractivity contribution is 0.389. The summed E-state index contributed by atoms with van der Waals surface area (Å²) in [5, 5.41) is 6.87. The standard InChI is InChI=1S/C13H19BrN2O/c1-17-13-8-11(2-3-12(13)14)16-9-10-4-6-15-7-5-10/h2-3,8,10,15-16H,4-7,9H2,1H3. The van der Waals surface area contributed by atoms with Crippen LogP contribution in [0, 0.1) is 5.92 Å². The minimum absolute atomic E-state index is 0.783. The topological polar surface area (TPSA) is 33.3 Å². The second-order valence-corrected chi connectivity index (χ2v) is 5.28. The van der Waals surface area contributed by atoms with Gasteiger partial charge in [0.25, 0.3) is 0 Å². The fourth-order valence-corrected chi connectivity index (χ4v) is 2.53. The van der Waals surface area contributed by atoms with Crippen LogP contribution in [0.5, 0.6) is 5.75 Å². The highest BCUT2D eigenvalue weighted by Gasteiger charge is 2.12. The monoisotopic (exact) mass is 298 g/mol. The van der Waals surface area contributed by atoms with E-state index in [1.54, 1.807) is 7.11 Å². The lowest BCUT2D eigenvalue weighted by Crippen LogP contribution is -2.31. The van der Waals surface area contributed by atoms with Crippen LogP contribution in [0.25, 0.3) is 0 Å². The van der Waals surface area contributed by atoms with Gasteiger partial charge in [-0.2, -0.15) is 0 Å². The summed E-state index contributed by atoms with van der Waals surface area (Å²) in [5.74, 6) is 1.66. The molecule has 0 aliphatic carbocycles. The van der Waals surface area contributed by atoms with E-state index in [9.17, 15) is 0 Å². The Kier molecular flexibility index (Phi) is 4.68. The molecule has 0 amide bonds. The van der Waals surface area contributed by atoms with E-state index in [0.29, 0.717) is 0 Å². The maximum absolute atomic E-state index is 5.28. The van der Waals surface area contributed by atoms with Crippen molar-refractivity contribution in [2.45, 2.75) is 12.8 Å². The predicted octanol–water partition coefficient (Wildman–Crippen LogP) is 2.87. The zero-order valence-electron chi connectivity index (χ0n) is 10.1. The van der Waals surface area contributed by atoms with Crippen molar-refractivity contribution in [1.29, 1.82) is 0 Å². The molecule has 94 valence electrons. The molecule has 17 heavy (non-hydrogen) atoms. The molecule has 0 radical (unpaired) electrons. The maximum atomic E-state index is 5.28. The molecule has 1 aromatic rings. The number of benzene rings is 1. The number of methoxy groups -OCH3 is 1. The largest absolute Gasteiger partial charge is 0.495 e. The van der Waals surface area contributed by atoms with E-state index in [2.05, 4.69) is 32.6 Å². The van der Waals surface area contributed by atoms with Crippen LogP contribution < -0.4 is 15.4 Å². The Hall–Kier alpha value is -0.740. The van der Waals surface area contributed by atoms with Crippen molar-refractivity contribution in [2.24, 2.45) is 5.92 Å². The van der Waals surface area contributed by atoms with Crippen LogP contribution in [0.2, 0.25) is 0 Å². The smallest absolute Gasteiger partial charge is 0.135 e. The van der Waals surface area contributed by atoms with Gasteiger partial charge in [-0.05, 0) is 59.9 Å². The first-order valence-electron chi connectivity index (χ1n) is 6.07. The van der Waals surface area contributed by atoms with Crippen molar-refractivity contribution < 1.29 is 4.74 Å². The van der Waals surface area contributed by atoms with Gasteiger partial charge in [0, 0.05) is 18.3 Å². The molecule has 1 fully saturated rings. The number of ether oxygens (including phenoxy) is 1. The van der Waals surface area contributed by atoms with E-state index in [1.807, 2.05) is 12.1 Å². The second kappa shape index (κ2) is 6.26. The molecule has 4 heteroatoms. The van der Waals surface area contributed by atoms with Gasteiger partial charge in [0.05, 0.1) is 11.6 Å². The highest BCUT2D eigenvalue weighted by molar-refractivity contribution is 9.10. The molecule has 0 spiro atoms. The van der Waals surface area contributed by atoms with Crippen LogP contribution in [0.15, 0.2) is 22.7 Å². The van der Waals surface area contributed by atoms with Gasteiger partial charge in [-0.15, -0.1) is 0 Å². The van der Waals surface area contributed by atoms with E-state index in [1.165, 1.54) is 12.8 Å². The molecule has 0 saturated carbocycles. The van der Waals surface area contributed by atoms with E-state index in [4.69, 9.17) is 4.74 Å². The van der Waals surface area contributed by atoms with E-state index in [-0.39, 0.29) is 0 Å². The molecule has 1 aliphatic heterocycles. The summed E-state index contributed by atoms with van der Waals surface area (Å²) in [4.78, 5) is 0. The Balaban J connectivity index is 1.89. The first-order chi connectivity index (χ1) is 8.29. The van der Waals surface area contributed by atoms with Gasteiger partial charge in [0.2, 0.25) is 0 Å². The lowest BCUT2D eigenvalue weighted by atomic mass is 9.98. The Morgan fingerprint density at radius 3 is 2.88 bits per heavy atom. The fraction of sp³-hybridized carbons (Fsp3) is 0.538. The molecule has 1 aliphatic rings. The molecular formula is C13H19BrN2O. The summed E-state index contributed by atoms with van der Waals surface area (Å²) < 4.78 is 6.27. The summed E-state index contributed by atoms with van der Waals surface area (Å²) in [5.41, 5.74) is 1.13. The van der Waals surface area contributed by atoms with Crippen molar-refractivity contribution >= 4 is 21.6 Å². The molecule has 0 atom stereocenters. The third kappa shape index (κ3) is 3.61. The molecule has 2 rings (SSSR count). The highest BCUT2D eigenvalue weighted by atomic mass is 79.9. The van der Waals surface area contributed by atoms with Crippen LogP contribution in [0.3, 0.4) is 0 Å². The average Bonchev–Trinajstić information content (AvgIpc) is 2.39. The molecule has 1 saturated heterocycles. The van der Waals surface area contributed by atoms with Crippen molar-refractivity contribution in [3.63, 3.8) is 0 Å². The SMILES string of the molecule is COc1cc(NCC2CCNCC2)ccc1Br. The third-order valence-electron chi connectivity index (χ3n) is 3.20. The van der Waals surface area contributed by atoms with Gasteiger partial charge >= 0.3 is 0 Å². The van der Waals surface area contributed by atoms with Gasteiger partial charge < -0.3 is 15.4 Å². The van der Waals surface area contributed by atoms with Crippen molar-refractivity contribution in [3.8, 4) is 5.75 Å². The van der Waals surface area contributed by atoms with Crippen molar-refractivity contribution in [1.82, 2.24) is 5.32 Å². The Morgan fingerprint density at radius 2 is 2.18 bits per heavy atom. The normalized spacial score (nSPS) is 16.8. The van der Waals surface area contributed by atoms with Gasteiger partial charge in [0.15, 0.2) is 0 Å². The number of hydrogen-bond acceptors (Lipinski definition) is 3. The van der Waals surface area contributed by atoms with Crippen LogP contribution in [0.4, 0.5) is 5.69 Å². The summed E-state index contributed by atoms with van der Waals surface area (Å²) in [6.45, 7) is 3.35. The molecular weight excluding hydrogens is 280 g/mol. The number of hydrogen-bond donors (Lipinski definition) is 2. The van der Waals surface area contributed by atoms with Gasteiger partial charge in [-0.3, -0.25) is 0 Å². The molecule has 3 nitrogen and oxygen atoms in total. The van der Waals surface area contributed by atoms with Crippen molar-refractivity contribution in [3.05, 3.63) is 22.7 Å². The average molecular weight is 299 g/mol. The van der Waals surface area contributed by atoms with Crippen molar-refractivity contribution in [2.75, 3.05) is 32.1 Å². The zero-order chi connectivity index (χ0) is 12.1. The van der Waals surface area contributed by atoms with Gasteiger partial charge in [-0.1, -0.05) is 0 Å². The summed E-state index contributed by atoms with van der Waals surface area (Å²) in [6.07, 6.45) is 2.53. The molecule has 1 aromatic carbocycles. The lowest BCUT2D eigenvalue weighted by Gasteiger charge is -2.23. The fourth-order valence-electron chi connectivity index (χ4n) is 2.12. The van der Waals surface area contributed by atoms with Gasteiger partial charge in [0.1, 0.15) is 5.75 Å². The number of rotatable bonds is 4. The molecule has 2 N–H and O–H groups in total. The summed E-state index contributed by atoms with van der Waals surface area (Å²) in [7, 11) is 1.69. The quantitative estimate of drug-likeness (QED) is 0.897. The predicted molar refractivity (Wildman–Crippen MR) is 74.8 cm³/mol. The van der Waals surface area contributed by atoms with E-state index >= 15 is 0 Å². The first-order valence-corrected chi connectivity index (χ1v) is 6.87. The summed E-state index contributed by atoms with van der Waals surface area (Å²) >= 11 is 3.46. The minimum atomic E-state index is 0.783. The molecule has 1 heterocycles. The van der Waals surface area contributed by atoms with Crippen LogP contribution >= 0.6 is 15.9 Å². The Bertz CT molecular complexity index is 364. The van der Waals surface area contributed by atoms with Crippen LogP contribution in [-0.4, -0.2) is 26.7 Å².